The van der Waals surface area contributed by atoms with Crippen LogP contribution in [0.5, 0.6) is 0 Å². The molecule has 5 nitrogen and oxygen atoms in total. The van der Waals surface area contributed by atoms with E-state index in [0.29, 0.717) is 12.1 Å². The van der Waals surface area contributed by atoms with Gasteiger partial charge in [0.1, 0.15) is 0 Å². The predicted octanol–water partition coefficient (Wildman–Crippen LogP) is 3.28. The maximum Gasteiger partial charge on any atom is 0.165 e. The number of thiophene rings is 2. The molecule has 4 heterocycles. The molecule has 0 spiro atoms. The van der Waals surface area contributed by atoms with Gasteiger partial charge in [-0.3, -0.25) is 4.90 Å². The number of fused-ring (bicyclic) bond motifs is 1. The van der Waals surface area contributed by atoms with E-state index in [2.05, 4.69) is 49.4 Å². The summed E-state index contributed by atoms with van der Waals surface area (Å²) < 4.78 is 2.04. The van der Waals surface area contributed by atoms with Crippen LogP contribution in [0.1, 0.15) is 46.1 Å². The molecule has 118 valence electrons. The smallest absolute Gasteiger partial charge is 0.165 e. The predicted molar refractivity (Wildman–Crippen MR) is 90.7 cm³/mol. The Bertz CT molecular complexity index is 802. The molecule has 7 heteroatoms. The SMILES string of the molecule is c1csc([C@H]2c3ccsc3CCN2Cc2nnnn2C2CC2)c1. The second-order valence-electron chi connectivity index (χ2n) is 6.21. The molecule has 3 aromatic rings. The van der Waals surface area contributed by atoms with E-state index in [4.69, 9.17) is 0 Å². The van der Waals surface area contributed by atoms with Gasteiger partial charge in [0, 0.05) is 16.3 Å². The van der Waals surface area contributed by atoms with Gasteiger partial charge in [-0.15, -0.1) is 27.8 Å². The van der Waals surface area contributed by atoms with E-state index in [9.17, 15) is 0 Å². The van der Waals surface area contributed by atoms with Gasteiger partial charge in [-0.05, 0) is 58.1 Å². The Morgan fingerprint density at radius 2 is 2.13 bits per heavy atom. The summed E-state index contributed by atoms with van der Waals surface area (Å²) >= 11 is 3.73. The zero-order chi connectivity index (χ0) is 15.2. The summed E-state index contributed by atoms with van der Waals surface area (Å²) in [5, 5.41) is 16.8. The minimum atomic E-state index is 0.342. The molecule has 1 saturated carbocycles. The second-order valence-corrected chi connectivity index (χ2v) is 8.19. The maximum absolute atomic E-state index is 4.30. The Balaban J connectivity index is 1.50. The van der Waals surface area contributed by atoms with Gasteiger partial charge in [0.2, 0.25) is 0 Å². The molecule has 1 aliphatic heterocycles. The van der Waals surface area contributed by atoms with Crippen molar-refractivity contribution >= 4 is 22.7 Å². The first-order valence-corrected chi connectivity index (χ1v) is 9.76. The van der Waals surface area contributed by atoms with Crippen molar-refractivity contribution < 1.29 is 0 Å². The highest BCUT2D eigenvalue weighted by atomic mass is 32.1. The van der Waals surface area contributed by atoms with Gasteiger partial charge in [0.25, 0.3) is 0 Å². The van der Waals surface area contributed by atoms with Gasteiger partial charge < -0.3 is 0 Å². The molecule has 1 atom stereocenters. The minimum absolute atomic E-state index is 0.342. The largest absolute Gasteiger partial charge is 0.284 e. The van der Waals surface area contributed by atoms with Crippen molar-refractivity contribution in [2.75, 3.05) is 6.54 Å². The highest BCUT2D eigenvalue weighted by molar-refractivity contribution is 7.10. The van der Waals surface area contributed by atoms with Crippen molar-refractivity contribution in [3.63, 3.8) is 0 Å². The van der Waals surface area contributed by atoms with Crippen molar-refractivity contribution in [1.82, 2.24) is 25.1 Å². The third kappa shape index (κ3) is 2.43. The summed E-state index contributed by atoms with van der Waals surface area (Å²) in [5.74, 6) is 1.01. The van der Waals surface area contributed by atoms with Crippen LogP contribution < -0.4 is 0 Å². The van der Waals surface area contributed by atoms with E-state index < -0.39 is 0 Å². The van der Waals surface area contributed by atoms with E-state index in [-0.39, 0.29) is 0 Å². The van der Waals surface area contributed by atoms with Crippen molar-refractivity contribution in [3.8, 4) is 0 Å². The first-order valence-electron chi connectivity index (χ1n) is 8.00. The molecule has 0 bridgehead atoms. The van der Waals surface area contributed by atoms with Crippen molar-refractivity contribution in [2.24, 2.45) is 0 Å². The first-order chi connectivity index (χ1) is 11.4. The molecule has 0 radical (unpaired) electrons. The average Bonchev–Trinajstić information content (AvgIpc) is 3.01. The molecule has 1 aliphatic carbocycles. The Morgan fingerprint density at radius 1 is 1.17 bits per heavy atom. The minimum Gasteiger partial charge on any atom is -0.284 e. The van der Waals surface area contributed by atoms with Crippen LogP contribution in [0.2, 0.25) is 0 Å². The lowest BCUT2D eigenvalue weighted by Gasteiger charge is -2.34. The fourth-order valence-electron chi connectivity index (χ4n) is 3.42. The Labute approximate surface area is 142 Å². The number of nitrogens with zero attached hydrogens (tertiary/aromatic N) is 5. The molecule has 1 fully saturated rings. The zero-order valence-corrected chi connectivity index (χ0v) is 14.3. The number of hydrogen-bond acceptors (Lipinski definition) is 6. The molecule has 23 heavy (non-hydrogen) atoms. The summed E-state index contributed by atoms with van der Waals surface area (Å²) in [4.78, 5) is 5.47. The lowest BCUT2D eigenvalue weighted by atomic mass is 9.98. The fraction of sp³-hybridized carbons (Fsp3) is 0.438. The number of hydrogen-bond donors (Lipinski definition) is 0. The Kier molecular flexibility index (Phi) is 3.31. The van der Waals surface area contributed by atoms with Gasteiger partial charge in [-0.2, -0.15) is 0 Å². The van der Waals surface area contributed by atoms with Crippen LogP contribution in [0, 0.1) is 0 Å². The average molecular weight is 343 g/mol. The lowest BCUT2D eigenvalue weighted by molar-refractivity contribution is 0.200. The van der Waals surface area contributed by atoms with E-state index in [1.807, 2.05) is 27.4 Å². The topological polar surface area (TPSA) is 46.8 Å². The highest BCUT2D eigenvalue weighted by Gasteiger charge is 2.33. The van der Waals surface area contributed by atoms with E-state index in [1.54, 1.807) is 0 Å². The van der Waals surface area contributed by atoms with Crippen molar-refractivity contribution in [2.45, 2.75) is 37.9 Å². The van der Waals surface area contributed by atoms with Gasteiger partial charge >= 0.3 is 0 Å². The van der Waals surface area contributed by atoms with Gasteiger partial charge in [0.05, 0.1) is 18.6 Å². The first kappa shape index (κ1) is 13.8. The third-order valence-electron chi connectivity index (χ3n) is 4.68. The summed E-state index contributed by atoms with van der Waals surface area (Å²) in [6.07, 6.45) is 3.54. The fourth-order valence-corrected chi connectivity index (χ4v) is 5.20. The van der Waals surface area contributed by atoms with Crippen LogP contribution in [0.25, 0.3) is 0 Å². The molecule has 3 aromatic heterocycles. The van der Waals surface area contributed by atoms with Gasteiger partial charge in [0.15, 0.2) is 5.82 Å². The Hall–Kier alpha value is -1.57. The quantitative estimate of drug-likeness (QED) is 0.729. The number of aromatic nitrogens is 4. The third-order valence-corrected chi connectivity index (χ3v) is 6.60. The normalized spacial score (nSPS) is 21.5. The van der Waals surface area contributed by atoms with E-state index in [1.165, 1.54) is 28.2 Å². The van der Waals surface area contributed by atoms with Crippen LogP contribution in [0.15, 0.2) is 29.0 Å². The maximum atomic E-state index is 4.30. The molecule has 0 saturated heterocycles. The van der Waals surface area contributed by atoms with Crippen LogP contribution in [0.3, 0.4) is 0 Å². The molecular weight excluding hydrogens is 326 g/mol. The standard InChI is InChI=1S/C16H17N5S2/c1-2-14(22-8-1)16-12-6-9-23-13(12)5-7-20(16)10-15-17-18-19-21(15)11-3-4-11/h1-2,6,8-9,11,16H,3-5,7,10H2/t16-/m1/s1. The molecule has 2 aliphatic rings. The highest BCUT2D eigenvalue weighted by Crippen LogP contribution is 2.40. The van der Waals surface area contributed by atoms with Crippen molar-refractivity contribution in [3.05, 3.63) is 50.1 Å². The van der Waals surface area contributed by atoms with Crippen LogP contribution in [-0.2, 0) is 13.0 Å². The Morgan fingerprint density at radius 3 is 2.96 bits per heavy atom. The number of tetrazole rings is 1. The molecular formula is C16H17N5S2. The lowest BCUT2D eigenvalue weighted by Crippen LogP contribution is -2.35. The van der Waals surface area contributed by atoms with Gasteiger partial charge in [-0.25, -0.2) is 4.68 Å². The molecule has 5 rings (SSSR count). The molecule has 0 aromatic carbocycles. The molecule has 0 unspecified atom stereocenters. The monoisotopic (exact) mass is 343 g/mol. The van der Waals surface area contributed by atoms with E-state index >= 15 is 0 Å². The van der Waals surface area contributed by atoms with Crippen LogP contribution in [0.4, 0.5) is 0 Å². The second kappa shape index (κ2) is 5.51. The summed E-state index contributed by atoms with van der Waals surface area (Å²) in [5.41, 5.74) is 1.47. The van der Waals surface area contributed by atoms with Crippen LogP contribution >= 0.6 is 22.7 Å². The summed E-state index contributed by atoms with van der Waals surface area (Å²) in [7, 11) is 0. The summed E-state index contributed by atoms with van der Waals surface area (Å²) in [6.45, 7) is 1.88. The van der Waals surface area contributed by atoms with Gasteiger partial charge in [-0.1, -0.05) is 6.07 Å². The number of rotatable bonds is 4. The van der Waals surface area contributed by atoms with Crippen molar-refractivity contribution in [1.29, 1.82) is 0 Å². The summed E-state index contributed by atoms with van der Waals surface area (Å²) in [6, 6.07) is 7.56. The zero-order valence-electron chi connectivity index (χ0n) is 12.6. The molecule has 0 N–H and O–H groups in total. The molecule has 0 amide bonds. The van der Waals surface area contributed by atoms with Crippen LogP contribution in [-0.4, -0.2) is 31.7 Å². The van der Waals surface area contributed by atoms with E-state index in [0.717, 1.165) is 25.3 Å².